The Balaban J connectivity index is 4.34. The van der Waals surface area contributed by atoms with E-state index >= 15 is 0 Å². The zero-order valence-corrected chi connectivity index (χ0v) is 28.5. The summed E-state index contributed by atoms with van der Waals surface area (Å²) in [6.45, 7) is 4.16. The van der Waals surface area contributed by atoms with Gasteiger partial charge in [-0.2, -0.15) is 0 Å². The van der Waals surface area contributed by atoms with Gasteiger partial charge in [-0.1, -0.05) is 141 Å². The van der Waals surface area contributed by atoms with Crippen LogP contribution in [0, 0.1) is 0 Å². The number of carbonyl (C=O) groups excluding carboxylic acids is 2. The first-order valence-electron chi connectivity index (χ1n) is 18.1. The van der Waals surface area contributed by atoms with Crippen LogP contribution in [0.25, 0.3) is 0 Å². The number of ether oxygens (including phenoxy) is 1. The quantitative estimate of drug-likeness (QED) is 0.0445. The summed E-state index contributed by atoms with van der Waals surface area (Å²) in [5.41, 5.74) is 0. The maximum absolute atomic E-state index is 12.6. The minimum absolute atomic E-state index is 0.0910. The number of esters is 1. The molecule has 6 nitrogen and oxygen atoms in total. The van der Waals surface area contributed by atoms with Gasteiger partial charge in [0, 0.05) is 12.8 Å². The van der Waals surface area contributed by atoms with Crippen molar-refractivity contribution in [1.29, 1.82) is 0 Å². The van der Waals surface area contributed by atoms with E-state index in [4.69, 9.17) is 9.84 Å². The number of unbranched alkanes of at least 4 members (excludes halogenated alkanes) is 17. The minimum atomic E-state index is -1.03. The minimum Gasteiger partial charge on any atom is -0.480 e. The molecule has 1 atom stereocenters. The molecule has 0 aliphatic heterocycles. The number of carboxylic acid groups (broad SMARTS) is 1. The largest absolute Gasteiger partial charge is 0.480 e. The Morgan fingerprint density at radius 1 is 0.614 bits per heavy atom. The molecule has 44 heavy (non-hydrogen) atoms. The van der Waals surface area contributed by atoms with Crippen LogP contribution in [0.4, 0.5) is 0 Å². The topological polar surface area (TPSA) is 92.7 Å². The maximum Gasteiger partial charge on any atom is 0.322 e. The van der Waals surface area contributed by atoms with Crippen LogP contribution in [0.2, 0.25) is 0 Å². The molecule has 2 N–H and O–H groups in total. The van der Waals surface area contributed by atoms with E-state index in [9.17, 15) is 14.4 Å². The smallest absolute Gasteiger partial charge is 0.322 e. The van der Waals surface area contributed by atoms with Crippen LogP contribution in [-0.4, -0.2) is 35.6 Å². The fraction of sp³-hybridized carbons (Fsp3) is 0.763. The predicted octanol–water partition coefficient (Wildman–Crippen LogP) is 10.6. The molecule has 1 unspecified atom stereocenters. The number of hydrogen-bond donors (Lipinski definition) is 2. The van der Waals surface area contributed by atoms with Gasteiger partial charge in [0.1, 0.15) is 12.6 Å². The molecule has 0 aromatic carbocycles. The number of nitrogens with one attached hydrogen (secondary N) is 1. The number of carbonyl (C=O) groups is 3. The average Bonchev–Trinajstić information content (AvgIpc) is 3.00. The number of rotatable bonds is 32. The van der Waals surface area contributed by atoms with Gasteiger partial charge in [-0.25, -0.2) is 0 Å². The van der Waals surface area contributed by atoms with Crippen molar-refractivity contribution in [2.24, 2.45) is 0 Å². The van der Waals surface area contributed by atoms with E-state index in [1.165, 1.54) is 77.0 Å². The highest BCUT2D eigenvalue weighted by Gasteiger charge is 2.11. The van der Waals surface area contributed by atoms with E-state index < -0.39 is 5.97 Å². The summed E-state index contributed by atoms with van der Waals surface area (Å²) in [6.07, 6.45) is 39.8. The monoisotopic (exact) mass is 618 g/mol. The average molecular weight is 618 g/mol. The second-order valence-corrected chi connectivity index (χ2v) is 12.1. The van der Waals surface area contributed by atoms with Crippen LogP contribution in [0.5, 0.6) is 0 Å². The van der Waals surface area contributed by atoms with Gasteiger partial charge in [-0.05, 0) is 57.4 Å². The van der Waals surface area contributed by atoms with E-state index in [-0.39, 0.29) is 24.5 Å². The molecule has 0 saturated heterocycles. The lowest BCUT2D eigenvalue weighted by molar-refractivity contribution is -0.147. The van der Waals surface area contributed by atoms with Crippen LogP contribution in [0.3, 0.4) is 0 Å². The molecule has 0 spiro atoms. The summed E-state index contributed by atoms with van der Waals surface area (Å²) in [5, 5.41) is 11.0. The Hall–Kier alpha value is -2.37. The van der Waals surface area contributed by atoms with Gasteiger partial charge in [0.15, 0.2) is 0 Å². The molecule has 254 valence electrons. The molecule has 0 bridgehead atoms. The summed E-state index contributed by atoms with van der Waals surface area (Å²) in [5.74, 6) is -1.33. The van der Waals surface area contributed by atoms with E-state index in [1.807, 2.05) is 0 Å². The molecule has 6 heteroatoms. The summed E-state index contributed by atoms with van der Waals surface area (Å²) < 4.78 is 5.88. The van der Waals surface area contributed by atoms with Crippen LogP contribution < -0.4 is 5.32 Å². The summed E-state index contributed by atoms with van der Waals surface area (Å²) in [6, 6.07) is 0. The third-order valence-corrected chi connectivity index (χ3v) is 7.80. The number of amides is 1. The predicted molar refractivity (Wildman–Crippen MR) is 185 cm³/mol. The third kappa shape index (κ3) is 32.5. The van der Waals surface area contributed by atoms with Gasteiger partial charge in [0.25, 0.3) is 0 Å². The van der Waals surface area contributed by atoms with Crippen molar-refractivity contribution < 1.29 is 24.2 Å². The van der Waals surface area contributed by atoms with Gasteiger partial charge in [0.2, 0.25) is 5.91 Å². The maximum atomic E-state index is 12.6. The van der Waals surface area contributed by atoms with Crippen molar-refractivity contribution in [3.05, 3.63) is 36.5 Å². The van der Waals surface area contributed by atoms with E-state index in [0.29, 0.717) is 12.8 Å². The lowest BCUT2D eigenvalue weighted by Crippen LogP contribution is -2.28. The Labute approximate surface area is 270 Å². The van der Waals surface area contributed by atoms with Crippen molar-refractivity contribution >= 4 is 17.8 Å². The van der Waals surface area contributed by atoms with Crippen molar-refractivity contribution in [3.63, 3.8) is 0 Å². The van der Waals surface area contributed by atoms with Gasteiger partial charge >= 0.3 is 11.9 Å². The van der Waals surface area contributed by atoms with E-state index in [2.05, 4.69) is 55.6 Å². The van der Waals surface area contributed by atoms with Crippen molar-refractivity contribution in [2.45, 2.75) is 180 Å². The summed E-state index contributed by atoms with van der Waals surface area (Å²) >= 11 is 0. The zero-order chi connectivity index (χ0) is 32.4. The second-order valence-electron chi connectivity index (χ2n) is 12.1. The van der Waals surface area contributed by atoms with Gasteiger partial charge < -0.3 is 15.2 Å². The van der Waals surface area contributed by atoms with Gasteiger partial charge in [-0.15, -0.1) is 0 Å². The second kappa shape index (κ2) is 33.5. The highest BCUT2D eigenvalue weighted by molar-refractivity contribution is 5.80. The molecule has 1 amide bonds. The fourth-order valence-corrected chi connectivity index (χ4v) is 5.09. The number of aliphatic carboxylic acids is 1. The SMILES string of the molecule is CCCCC/C=C\C/C=C\C/C=C\C(CCCCCCCC(=O)NCC(=O)O)OC(=O)CCCCCCCCCCCCC. The molecule has 0 saturated carbocycles. The van der Waals surface area contributed by atoms with Crippen LogP contribution in [0.1, 0.15) is 174 Å². The summed E-state index contributed by atoms with van der Waals surface area (Å²) in [7, 11) is 0. The first-order valence-corrected chi connectivity index (χ1v) is 18.1. The molecule has 0 fully saturated rings. The third-order valence-electron chi connectivity index (χ3n) is 7.80. The lowest BCUT2D eigenvalue weighted by atomic mass is 10.1. The van der Waals surface area contributed by atoms with Gasteiger partial charge in [-0.3, -0.25) is 14.4 Å². The molecule has 0 radical (unpaired) electrons. The summed E-state index contributed by atoms with van der Waals surface area (Å²) in [4.78, 5) is 34.8. The Morgan fingerprint density at radius 2 is 1.11 bits per heavy atom. The molecule has 0 aliphatic rings. The first-order chi connectivity index (χ1) is 21.5. The fourth-order valence-electron chi connectivity index (χ4n) is 5.09. The highest BCUT2D eigenvalue weighted by atomic mass is 16.5. The van der Waals surface area contributed by atoms with Crippen LogP contribution >= 0.6 is 0 Å². The Kier molecular flexibility index (Phi) is 31.7. The van der Waals surface area contributed by atoms with Crippen molar-refractivity contribution in [3.8, 4) is 0 Å². The van der Waals surface area contributed by atoms with Gasteiger partial charge in [0.05, 0.1) is 0 Å². The van der Waals surface area contributed by atoms with Crippen molar-refractivity contribution in [1.82, 2.24) is 5.32 Å². The molecular weight excluding hydrogens is 550 g/mol. The first kappa shape index (κ1) is 41.6. The van der Waals surface area contributed by atoms with E-state index in [1.54, 1.807) is 0 Å². The molecule has 0 aliphatic carbocycles. The highest BCUT2D eigenvalue weighted by Crippen LogP contribution is 2.15. The molecule has 0 aromatic heterocycles. The van der Waals surface area contributed by atoms with Crippen molar-refractivity contribution in [2.75, 3.05) is 6.54 Å². The van der Waals surface area contributed by atoms with Crippen LogP contribution in [0.15, 0.2) is 36.5 Å². The Morgan fingerprint density at radius 3 is 1.73 bits per heavy atom. The van der Waals surface area contributed by atoms with E-state index in [0.717, 1.165) is 70.6 Å². The molecule has 0 heterocycles. The standard InChI is InChI=1S/C38H67NO5/c1-3-5-7-9-11-13-15-17-19-22-26-30-35(31-27-23-21-24-28-32-36(40)39-34-37(41)42)44-38(43)33-29-25-20-18-16-14-12-10-8-6-4-2/h11,13,17,19,26,30,35H,3-10,12,14-16,18,20-25,27-29,31-34H2,1-2H3,(H,39,40)(H,41,42)/b13-11-,19-17-,30-26-. The molecule has 0 aromatic rings. The zero-order valence-electron chi connectivity index (χ0n) is 28.5. The Bertz CT molecular complexity index is 773. The molecular formula is C38H67NO5. The van der Waals surface area contributed by atoms with Crippen LogP contribution in [-0.2, 0) is 19.1 Å². The normalized spacial score (nSPS) is 12.4. The molecule has 0 rings (SSSR count). The number of hydrogen-bond acceptors (Lipinski definition) is 4. The number of allylic oxidation sites excluding steroid dienone is 5. The lowest BCUT2D eigenvalue weighted by Gasteiger charge is -2.14. The number of carboxylic acids is 1.